The number of hydrogen-bond acceptors (Lipinski definition) is 6. The van der Waals surface area contributed by atoms with E-state index < -0.39 is 0 Å². The lowest BCUT2D eigenvalue weighted by Crippen LogP contribution is -2.63. The number of ether oxygens (including phenoxy) is 1. The molecular formula is C31H38N6O. The second-order valence-electron chi connectivity index (χ2n) is 12.0. The zero-order valence-electron chi connectivity index (χ0n) is 23.4. The monoisotopic (exact) mass is 510 g/mol. The highest BCUT2D eigenvalue weighted by atomic mass is 16.5. The number of anilines is 2. The molecule has 0 aliphatic carbocycles. The van der Waals surface area contributed by atoms with Crippen molar-refractivity contribution in [2.24, 2.45) is 7.05 Å². The first kappa shape index (κ1) is 24.7. The van der Waals surface area contributed by atoms with Gasteiger partial charge in [0.05, 0.1) is 19.1 Å². The fourth-order valence-corrected chi connectivity index (χ4v) is 6.05. The molecule has 0 unspecified atom stereocenters. The minimum Gasteiger partial charge on any atom is -0.497 e. The van der Waals surface area contributed by atoms with Crippen molar-refractivity contribution < 1.29 is 4.74 Å². The smallest absolute Gasteiger partial charge is 0.228 e. The average Bonchev–Trinajstić information content (AvgIpc) is 3.30. The Kier molecular flexibility index (Phi) is 6.04. The number of piperazine rings is 1. The van der Waals surface area contributed by atoms with E-state index in [0.29, 0.717) is 12.1 Å². The standard InChI is InChI=1S/C31H38N6O/c1-20-7-8-22(31(2,3)4)15-21(20)16-27-28-29(32-19-35(28)5)34-30(33-27)37-18-24-9-10-25(37)17-36(24)23-11-13-26(38-6)14-12-23/h7-8,11-15,19,24-25H,9-10,16-18H2,1-6H3/t24-,25-/m0/s1. The second kappa shape index (κ2) is 9.29. The Labute approximate surface area is 225 Å². The SMILES string of the molecule is COc1ccc(N2C[C@@H]3CC[C@H]2CN3c2nc(Cc3cc(C(C)(C)C)ccc3C)c3c(ncn3C)n2)cc1. The fraction of sp³-hybridized carbons (Fsp3) is 0.452. The van der Waals surface area contributed by atoms with Crippen molar-refractivity contribution in [3.05, 3.63) is 71.2 Å². The van der Waals surface area contributed by atoms with Crippen LogP contribution in [-0.4, -0.2) is 51.8 Å². The Morgan fingerprint density at radius 2 is 1.66 bits per heavy atom. The van der Waals surface area contributed by atoms with Gasteiger partial charge in [0, 0.05) is 44.3 Å². The van der Waals surface area contributed by atoms with Gasteiger partial charge in [-0.25, -0.2) is 9.97 Å². The predicted molar refractivity (Wildman–Crippen MR) is 153 cm³/mol. The lowest BCUT2D eigenvalue weighted by molar-refractivity contribution is 0.330. The molecule has 7 rings (SSSR count). The van der Waals surface area contributed by atoms with Crippen LogP contribution in [0.1, 0.15) is 56.0 Å². The van der Waals surface area contributed by atoms with Crippen LogP contribution in [0.5, 0.6) is 5.75 Å². The average molecular weight is 511 g/mol. The fourth-order valence-electron chi connectivity index (χ4n) is 6.05. The number of piperidine rings is 2. The molecule has 2 atom stereocenters. The van der Waals surface area contributed by atoms with Crippen LogP contribution in [0.4, 0.5) is 11.6 Å². The summed E-state index contributed by atoms with van der Waals surface area (Å²) in [6.07, 6.45) is 4.97. The Morgan fingerprint density at radius 3 is 2.32 bits per heavy atom. The number of nitrogens with zero attached hydrogens (tertiary/aromatic N) is 6. The topological polar surface area (TPSA) is 59.3 Å². The number of aromatic nitrogens is 4. The third kappa shape index (κ3) is 4.38. The van der Waals surface area contributed by atoms with Gasteiger partial charge in [-0.2, -0.15) is 4.98 Å². The quantitative estimate of drug-likeness (QED) is 0.357. The van der Waals surface area contributed by atoms with Gasteiger partial charge < -0.3 is 19.1 Å². The van der Waals surface area contributed by atoms with E-state index in [0.717, 1.165) is 54.5 Å². The molecule has 0 saturated carbocycles. The lowest BCUT2D eigenvalue weighted by Gasteiger charge is -2.52. The summed E-state index contributed by atoms with van der Waals surface area (Å²) in [6, 6.07) is 16.1. The maximum atomic E-state index is 5.36. The van der Waals surface area contributed by atoms with Crippen LogP contribution in [0.25, 0.3) is 11.2 Å². The molecule has 2 bridgehead atoms. The Bertz CT molecular complexity index is 1470. The molecule has 4 aromatic rings. The highest BCUT2D eigenvalue weighted by Crippen LogP contribution is 2.36. The third-order valence-electron chi connectivity index (χ3n) is 8.40. The lowest BCUT2D eigenvalue weighted by atomic mass is 9.84. The molecule has 0 amide bonds. The Balaban J connectivity index is 1.33. The number of fused-ring (bicyclic) bond motifs is 4. The molecule has 38 heavy (non-hydrogen) atoms. The molecule has 0 spiro atoms. The molecule has 2 aromatic heterocycles. The summed E-state index contributed by atoms with van der Waals surface area (Å²) in [6.45, 7) is 10.9. The van der Waals surface area contributed by atoms with Crippen LogP contribution in [-0.2, 0) is 18.9 Å². The molecule has 7 heteroatoms. The number of benzene rings is 2. The van der Waals surface area contributed by atoms with E-state index in [9.17, 15) is 0 Å². The summed E-state index contributed by atoms with van der Waals surface area (Å²) >= 11 is 0. The van der Waals surface area contributed by atoms with Crippen LogP contribution < -0.4 is 14.5 Å². The minimum atomic E-state index is 0.101. The van der Waals surface area contributed by atoms with Gasteiger partial charge in [0.2, 0.25) is 5.95 Å². The first-order valence-electron chi connectivity index (χ1n) is 13.7. The van der Waals surface area contributed by atoms with Gasteiger partial charge in [-0.1, -0.05) is 39.0 Å². The van der Waals surface area contributed by atoms with Crippen LogP contribution >= 0.6 is 0 Å². The van der Waals surface area contributed by atoms with E-state index in [4.69, 9.17) is 14.7 Å². The molecule has 7 nitrogen and oxygen atoms in total. The predicted octanol–water partition coefficient (Wildman–Crippen LogP) is 5.43. The summed E-state index contributed by atoms with van der Waals surface area (Å²) in [5.74, 6) is 1.71. The second-order valence-corrected chi connectivity index (χ2v) is 12.0. The van der Waals surface area contributed by atoms with Gasteiger partial charge in [-0.15, -0.1) is 0 Å². The number of imidazole rings is 1. The molecule has 3 aliphatic heterocycles. The van der Waals surface area contributed by atoms with E-state index in [1.165, 1.54) is 28.8 Å². The van der Waals surface area contributed by atoms with Crippen molar-refractivity contribution in [1.82, 2.24) is 19.5 Å². The molecule has 0 radical (unpaired) electrons. The molecule has 3 saturated heterocycles. The summed E-state index contributed by atoms with van der Waals surface area (Å²) in [7, 11) is 3.75. The first-order valence-corrected chi connectivity index (χ1v) is 13.7. The Morgan fingerprint density at radius 1 is 0.947 bits per heavy atom. The first-order chi connectivity index (χ1) is 18.2. The zero-order chi connectivity index (χ0) is 26.6. The number of methoxy groups -OCH3 is 1. The maximum absolute atomic E-state index is 5.36. The molecule has 0 N–H and O–H groups in total. The largest absolute Gasteiger partial charge is 0.497 e. The van der Waals surface area contributed by atoms with Crippen molar-refractivity contribution in [1.29, 1.82) is 0 Å². The number of hydrogen-bond donors (Lipinski definition) is 0. The van der Waals surface area contributed by atoms with Crippen molar-refractivity contribution in [2.75, 3.05) is 30.0 Å². The van der Waals surface area contributed by atoms with Gasteiger partial charge in [0.25, 0.3) is 0 Å². The number of aryl methyl sites for hydroxylation is 2. The molecule has 3 fully saturated rings. The minimum absolute atomic E-state index is 0.101. The molecule has 5 heterocycles. The highest BCUT2D eigenvalue weighted by Gasteiger charge is 2.40. The van der Waals surface area contributed by atoms with Gasteiger partial charge in [-0.3, -0.25) is 0 Å². The van der Waals surface area contributed by atoms with Crippen molar-refractivity contribution in [3.63, 3.8) is 0 Å². The maximum Gasteiger partial charge on any atom is 0.228 e. The van der Waals surface area contributed by atoms with Crippen LogP contribution in [0.3, 0.4) is 0 Å². The third-order valence-corrected chi connectivity index (χ3v) is 8.40. The van der Waals surface area contributed by atoms with Crippen LogP contribution in [0, 0.1) is 6.92 Å². The summed E-state index contributed by atoms with van der Waals surface area (Å²) < 4.78 is 7.42. The van der Waals surface area contributed by atoms with Gasteiger partial charge in [0.15, 0.2) is 5.65 Å². The van der Waals surface area contributed by atoms with Crippen molar-refractivity contribution >= 4 is 22.8 Å². The van der Waals surface area contributed by atoms with Crippen molar-refractivity contribution in [2.45, 2.75) is 64.5 Å². The Hall–Kier alpha value is -3.61. The zero-order valence-corrected chi connectivity index (χ0v) is 23.4. The van der Waals surface area contributed by atoms with E-state index >= 15 is 0 Å². The molecule has 3 aliphatic rings. The normalized spacial score (nSPS) is 19.4. The number of rotatable bonds is 5. The molecular weight excluding hydrogens is 472 g/mol. The highest BCUT2D eigenvalue weighted by molar-refractivity contribution is 5.76. The van der Waals surface area contributed by atoms with E-state index in [1.807, 2.05) is 13.4 Å². The molecule has 2 aromatic carbocycles. The van der Waals surface area contributed by atoms with Crippen LogP contribution in [0.2, 0.25) is 0 Å². The summed E-state index contributed by atoms with van der Waals surface area (Å²) in [5, 5.41) is 0. The van der Waals surface area contributed by atoms with Gasteiger partial charge in [-0.05, 0) is 66.1 Å². The summed E-state index contributed by atoms with van der Waals surface area (Å²) in [5.41, 5.74) is 8.17. The van der Waals surface area contributed by atoms with Gasteiger partial charge in [0.1, 0.15) is 11.3 Å². The van der Waals surface area contributed by atoms with Crippen molar-refractivity contribution in [3.8, 4) is 5.75 Å². The van der Waals surface area contributed by atoms with E-state index in [1.54, 1.807) is 7.11 Å². The van der Waals surface area contributed by atoms with E-state index in [-0.39, 0.29) is 5.41 Å². The van der Waals surface area contributed by atoms with Crippen LogP contribution in [0.15, 0.2) is 48.8 Å². The summed E-state index contributed by atoms with van der Waals surface area (Å²) in [4.78, 5) is 19.9. The molecule has 198 valence electrons. The van der Waals surface area contributed by atoms with E-state index in [2.05, 4.69) is 89.5 Å². The van der Waals surface area contributed by atoms with Gasteiger partial charge >= 0.3 is 0 Å².